The molecule has 0 atom stereocenters. The van der Waals surface area contributed by atoms with Crippen molar-refractivity contribution in [1.82, 2.24) is 0 Å². The van der Waals surface area contributed by atoms with Crippen LogP contribution in [-0.4, -0.2) is 0 Å². The van der Waals surface area contributed by atoms with E-state index in [9.17, 15) is 0 Å². The van der Waals surface area contributed by atoms with Crippen molar-refractivity contribution in [3.63, 3.8) is 0 Å². The van der Waals surface area contributed by atoms with Crippen LogP contribution in [0.25, 0.3) is 6.08 Å². The Kier molecular flexibility index (Phi) is 3.10. The topological polar surface area (TPSA) is 0 Å². The van der Waals surface area contributed by atoms with Gasteiger partial charge < -0.3 is 0 Å². The SMILES string of the molecule is C(=C=C1C=C[CH+]C=C1)=Cc1ccccc1. The van der Waals surface area contributed by atoms with Crippen LogP contribution in [0.5, 0.6) is 0 Å². The Morgan fingerprint density at radius 2 is 1.73 bits per heavy atom. The first kappa shape index (κ1) is 9.43. The van der Waals surface area contributed by atoms with Gasteiger partial charge in [-0.05, 0) is 17.4 Å². The van der Waals surface area contributed by atoms with Gasteiger partial charge in [-0.2, -0.15) is 0 Å². The van der Waals surface area contributed by atoms with Gasteiger partial charge in [-0.3, -0.25) is 0 Å². The summed E-state index contributed by atoms with van der Waals surface area (Å²) in [6.45, 7) is 0. The maximum Gasteiger partial charge on any atom is 0.134 e. The van der Waals surface area contributed by atoms with E-state index in [1.807, 2.05) is 67.1 Å². The monoisotopic (exact) mass is 191 g/mol. The van der Waals surface area contributed by atoms with E-state index >= 15 is 0 Å². The lowest BCUT2D eigenvalue weighted by Crippen LogP contribution is -1.74. The van der Waals surface area contributed by atoms with Crippen LogP contribution >= 0.6 is 0 Å². The molecule has 1 aromatic carbocycles. The molecule has 0 unspecified atom stereocenters. The van der Waals surface area contributed by atoms with Crippen molar-refractivity contribution in [2.24, 2.45) is 0 Å². The normalized spacial score (nSPS) is 12.7. The molecule has 0 N–H and O–H groups in total. The molecule has 0 heteroatoms. The summed E-state index contributed by atoms with van der Waals surface area (Å²) in [5, 5.41) is 0. The van der Waals surface area contributed by atoms with Crippen LogP contribution in [0.1, 0.15) is 5.56 Å². The quantitative estimate of drug-likeness (QED) is 0.469. The van der Waals surface area contributed by atoms with E-state index in [2.05, 4.69) is 11.5 Å². The van der Waals surface area contributed by atoms with Crippen LogP contribution in [0.15, 0.2) is 71.7 Å². The molecule has 0 heterocycles. The Labute approximate surface area is 90.3 Å². The highest BCUT2D eigenvalue weighted by Gasteiger charge is 1.96. The average molecular weight is 191 g/mol. The molecule has 0 saturated carbocycles. The number of benzene rings is 1. The maximum absolute atomic E-state index is 3.09. The summed E-state index contributed by atoms with van der Waals surface area (Å²) in [6.07, 6.45) is 11.9. The van der Waals surface area contributed by atoms with Crippen LogP contribution in [0.2, 0.25) is 0 Å². The van der Waals surface area contributed by atoms with E-state index < -0.39 is 0 Å². The average Bonchev–Trinajstić information content (AvgIpc) is 2.32. The summed E-state index contributed by atoms with van der Waals surface area (Å²) < 4.78 is 0. The van der Waals surface area contributed by atoms with Gasteiger partial charge in [-0.25, -0.2) is 0 Å². The van der Waals surface area contributed by atoms with E-state index in [0.717, 1.165) is 11.1 Å². The second-order valence-corrected chi connectivity index (χ2v) is 3.19. The highest BCUT2D eigenvalue weighted by molar-refractivity contribution is 5.49. The molecule has 2 rings (SSSR count). The summed E-state index contributed by atoms with van der Waals surface area (Å²) in [4.78, 5) is 0. The van der Waals surface area contributed by atoms with Gasteiger partial charge in [0.1, 0.15) is 5.57 Å². The summed E-state index contributed by atoms with van der Waals surface area (Å²) >= 11 is 0. The molecular formula is C15H11+. The molecule has 0 radical (unpaired) electrons. The van der Waals surface area contributed by atoms with E-state index in [1.165, 1.54) is 0 Å². The fraction of sp³-hybridized carbons (Fsp3) is 0. The Morgan fingerprint density at radius 3 is 2.47 bits per heavy atom. The smallest absolute Gasteiger partial charge is 0.0665 e. The zero-order chi connectivity index (χ0) is 10.3. The zero-order valence-corrected chi connectivity index (χ0v) is 8.35. The number of allylic oxidation sites excluding steroid dienone is 5. The fourth-order valence-electron chi connectivity index (χ4n) is 1.27. The van der Waals surface area contributed by atoms with Gasteiger partial charge in [-0.15, -0.1) is 0 Å². The van der Waals surface area contributed by atoms with Crippen LogP contribution in [0, 0.1) is 6.42 Å². The summed E-state index contributed by atoms with van der Waals surface area (Å²) in [6, 6.07) is 10.1. The Hall–Kier alpha value is -2.13. The van der Waals surface area contributed by atoms with Crippen molar-refractivity contribution in [2.75, 3.05) is 0 Å². The molecule has 0 bridgehead atoms. The molecule has 0 aromatic heterocycles. The van der Waals surface area contributed by atoms with E-state index in [1.54, 1.807) is 0 Å². The van der Waals surface area contributed by atoms with Crippen LogP contribution in [-0.2, 0) is 0 Å². The highest BCUT2D eigenvalue weighted by Crippen LogP contribution is 2.05. The van der Waals surface area contributed by atoms with E-state index in [-0.39, 0.29) is 0 Å². The number of rotatable bonds is 1. The van der Waals surface area contributed by atoms with Gasteiger partial charge >= 0.3 is 0 Å². The summed E-state index contributed by atoms with van der Waals surface area (Å²) in [5.41, 5.74) is 8.32. The third-order valence-electron chi connectivity index (χ3n) is 2.03. The van der Waals surface area contributed by atoms with Gasteiger partial charge in [0.15, 0.2) is 0 Å². The zero-order valence-electron chi connectivity index (χ0n) is 8.35. The predicted molar refractivity (Wildman–Crippen MR) is 64.0 cm³/mol. The van der Waals surface area contributed by atoms with Crippen LogP contribution < -0.4 is 0 Å². The molecule has 15 heavy (non-hydrogen) atoms. The molecule has 70 valence electrons. The molecule has 0 saturated heterocycles. The summed E-state index contributed by atoms with van der Waals surface area (Å²) in [7, 11) is 0. The van der Waals surface area contributed by atoms with E-state index in [4.69, 9.17) is 0 Å². The first-order valence-corrected chi connectivity index (χ1v) is 4.90. The molecule has 0 aliphatic heterocycles. The second-order valence-electron chi connectivity index (χ2n) is 3.19. The van der Waals surface area contributed by atoms with Crippen molar-refractivity contribution in [3.05, 3.63) is 83.7 Å². The third-order valence-corrected chi connectivity index (χ3v) is 2.03. The van der Waals surface area contributed by atoms with Crippen LogP contribution in [0.3, 0.4) is 0 Å². The molecule has 0 nitrogen and oxygen atoms in total. The summed E-state index contributed by atoms with van der Waals surface area (Å²) in [5.74, 6) is 0. The van der Waals surface area contributed by atoms with Crippen molar-refractivity contribution < 1.29 is 0 Å². The highest BCUT2D eigenvalue weighted by atomic mass is 13.9. The maximum atomic E-state index is 3.09. The Morgan fingerprint density at radius 1 is 1.00 bits per heavy atom. The molecular weight excluding hydrogens is 180 g/mol. The minimum atomic E-state index is 1.05. The lowest BCUT2D eigenvalue weighted by Gasteiger charge is -1.86. The number of hydrogen-bond acceptors (Lipinski definition) is 0. The van der Waals surface area contributed by atoms with Gasteiger partial charge in [0, 0.05) is 18.6 Å². The lowest BCUT2D eigenvalue weighted by atomic mass is 10.1. The minimum Gasteiger partial charge on any atom is -0.0665 e. The van der Waals surface area contributed by atoms with Crippen molar-refractivity contribution in [3.8, 4) is 0 Å². The van der Waals surface area contributed by atoms with Gasteiger partial charge in [0.25, 0.3) is 0 Å². The van der Waals surface area contributed by atoms with Gasteiger partial charge in [0.05, 0.1) is 12.2 Å². The molecule has 1 aliphatic rings. The molecule has 0 spiro atoms. The Balaban J connectivity index is 2.24. The molecule has 0 fully saturated rings. The minimum absolute atomic E-state index is 1.05. The third kappa shape index (κ3) is 2.93. The van der Waals surface area contributed by atoms with Gasteiger partial charge in [-0.1, -0.05) is 36.1 Å². The molecule has 1 aromatic rings. The lowest BCUT2D eigenvalue weighted by molar-refractivity contribution is 1.59. The van der Waals surface area contributed by atoms with Gasteiger partial charge in [0.2, 0.25) is 0 Å². The van der Waals surface area contributed by atoms with Crippen LogP contribution in [0.4, 0.5) is 0 Å². The molecule has 1 aliphatic carbocycles. The predicted octanol–water partition coefficient (Wildman–Crippen LogP) is 3.71. The first-order chi connectivity index (χ1) is 7.45. The Bertz CT molecular complexity index is 460. The van der Waals surface area contributed by atoms with Crippen molar-refractivity contribution in [1.29, 1.82) is 0 Å². The number of hydrogen-bond donors (Lipinski definition) is 0. The largest absolute Gasteiger partial charge is 0.134 e. The fourth-order valence-corrected chi connectivity index (χ4v) is 1.27. The van der Waals surface area contributed by atoms with Crippen molar-refractivity contribution >= 4 is 6.08 Å². The van der Waals surface area contributed by atoms with E-state index in [0.29, 0.717) is 0 Å². The first-order valence-electron chi connectivity index (χ1n) is 4.90. The second kappa shape index (κ2) is 4.93. The standard InChI is InChI=1S/C15H11/c1-3-8-14(9-4-1)12-7-13-15-10-5-2-6-11-15/h1-6,8-12H/q+1. The van der Waals surface area contributed by atoms with Crippen molar-refractivity contribution in [2.45, 2.75) is 0 Å². The molecule has 0 amide bonds.